The Morgan fingerprint density at radius 1 is 1.29 bits per heavy atom. The lowest BCUT2D eigenvalue weighted by atomic mass is 10.1. The number of nitrogens with zero attached hydrogens (tertiary/aromatic N) is 1. The summed E-state index contributed by atoms with van der Waals surface area (Å²) in [6, 6.07) is 3.60. The van der Waals surface area contributed by atoms with E-state index in [0.717, 1.165) is 27.8 Å². The largest absolute Gasteiger partial charge is 0.493 e. The number of imide groups is 1. The average Bonchev–Trinajstić information content (AvgIpc) is 2.90. The van der Waals surface area contributed by atoms with Crippen molar-refractivity contribution in [2.75, 3.05) is 26.8 Å². The fraction of sp³-hybridized carbons (Fsp3) is 0.450. The smallest absolute Gasteiger partial charge is 0.294 e. The van der Waals surface area contributed by atoms with Crippen molar-refractivity contribution >= 4 is 34.9 Å². The van der Waals surface area contributed by atoms with Crippen molar-refractivity contribution in [2.24, 2.45) is 5.92 Å². The summed E-state index contributed by atoms with van der Waals surface area (Å²) in [4.78, 5) is 38.1. The molecule has 1 saturated heterocycles. The number of nitrogens with one attached hydrogen (secondary N) is 1. The number of carbonyl (C=O) groups excluding carboxylic acids is 3. The highest BCUT2D eigenvalue weighted by atomic mass is 32.2. The maximum atomic E-state index is 12.6. The minimum Gasteiger partial charge on any atom is -0.493 e. The highest BCUT2D eigenvalue weighted by Crippen LogP contribution is 2.36. The second-order valence-corrected chi connectivity index (χ2v) is 7.75. The zero-order valence-electron chi connectivity index (χ0n) is 16.8. The van der Waals surface area contributed by atoms with Gasteiger partial charge in [-0.15, -0.1) is 0 Å². The Kier molecular flexibility index (Phi) is 7.51. The molecule has 1 heterocycles. The molecule has 1 aromatic carbocycles. The third-order valence-corrected chi connectivity index (χ3v) is 4.93. The normalized spacial score (nSPS) is 15.5. The molecule has 1 aliphatic heterocycles. The molecule has 0 saturated carbocycles. The van der Waals surface area contributed by atoms with E-state index in [4.69, 9.17) is 9.47 Å². The van der Waals surface area contributed by atoms with E-state index in [-0.39, 0.29) is 23.3 Å². The number of rotatable bonds is 8. The molecular formula is C20H26N2O5S. The summed E-state index contributed by atoms with van der Waals surface area (Å²) >= 11 is 0.827. The Morgan fingerprint density at radius 2 is 2.00 bits per heavy atom. The van der Waals surface area contributed by atoms with Gasteiger partial charge in [-0.2, -0.15) is 0 Å². The van der Waals surface area contributed by atoms with Gasteiger partial charge in [0, 0.05) is 6.54 Å². The number of carbonyl (C=O) groups is 3. The highest BCUT2D eigenvalue weighted by molar-refractivity contribution is 8.18. The first-order valence-corrected chi connectivity index (χ1v) is 9.91. The summed E-state index contributed by atoms with van der Waals surface area (Å²) < 4.78 is 10.9. The first-order valence-electron chi connectivity index (χ1n) is 9.10. The van der Waals surface area contributed by atoms with Crippen LogP contribution in [0.5, 0.6) is 11.5 Å². The SMILES string of the molecule is CCOc1cc(/C=C2\SC(=O)N(CC(=O)NCC(C)C)C2=O)c(C)cc1OC. The summed E-state index contributed by atoms with van der Waals surface area (Å²) in [6.45, 7) is 8.38. The van der Waals surface area contributed by atoms with Crippen LogP contribution in [0.2, 0.25) is 0 Å². The Labute approximate surface area is 169 Å². The molecule has 0 aromatic heterocycles. The minimum absolute atomic E-state index is 0.275. The summed E-state index contributed by atoms with van der Waals surface area (Å²) in [5.41, 5.74) is 1.63. The Balaban J connectivity index is 2.21. The second kappa shape index (κ2) is 9.64. The Morgan fingerprint density at radius 3 is 2.61 bits per heavy atom. The van der Waals surface area contributed by atoms with Gasteiger partial charge in [-0.25, -0.2) is 0 Å². The molecule has 1 aliphatic rings. The highest BCUT2D eigenvalue weighted by Gasteiger charge is 2.36. The predicted octanol–water partition coefficient (Wildman–Crippen LogP) is 3.21. The van der Waals surface area contributed by atoms with E-state index >= 15 is 0 Å². The van der Waals surface area contributed by atoms with Crippen molar-refractivity contribution in [1.82, 2.24) is 10.2 Å². The monoisotopic (exact) mass is 406 g/mol. The molecule has 1 aromatic rings. The average molecular weight is 407 g/mol. The maximum absolute atomic E-state index is 12.6. The van der Waals surface area contributed by atoms with E-state index in [1.165, 1.54) is 0 Å². The molecule has 0 atom stereocenters. The number of aryl methyl sites for hydroxylation is 1. The zero-order chi connectivity index (χ0) is 20.8. The Bertz CT molecular complexity index is 804. The van der Waals surface area contributed by atoms with Crippen LogP contribution < -0.4 is 14.8 Å². The third kappa shape index (κ3) is 5.28. The maximum Gasteiger partial charge on any atom is 0.294 e. The molecule has 0 aliphatic carbocycles. The lowest BCUT2D eigenvalue weighted by Gasteiger charge is -2.13. The molecule has 1 fully saturated rings. The molecular weight excluding hydrogens is 380 g/mol. The topological polar surface area (TPSA) is 84.9 Å². The van der Waals surface area contributed by atoms with Crippen LogP contribution in [-0.2, 0) is 9.59 Å². The Hall–Kier alpha value is -2.48. The molecule has 2 rings (SSSR count). The molecule has 0 bridgehead atoms. The minimum atomic E-state index is -0.470. The lowest BCUT2D eigenvalue weighted by Crippen LogP contribution is -2.40. The van der Waals surface area contributed by atoms with Crippen LogP contribution in [0, 0.1) is 12.8 Å². The van der Waals surface area contributed by atoms with E-state index in [0.29, 0.717) is 24.7 Å². The molecule has 8 heteroatoms. The number of hydrogen-bond acceptors (Lipinski definition) is 6. The van der Waals surface area contributed by atoms with E-state index in [2.05, 4.69) is 5.32 Å². The van der Waals surface area contributed by atoms with Crippen molar-refractivity contribution in [2.45, 2.75) is 27.7 Å². The molecule has 152 valence electrons. The summed E-state index contributed by atoms with van der Waals surface area (Å²) in [5.74, 6) is 0.635. The van der Waals surface area contributed by atoms with E-state index in [9.17, 15) is 14.4 Å². The van der Waals surface area contributed by atoms with Crippen LogP contribution in [0.3, 0.4) is 0 Å². The molecule has 28 heavy (non-hydrogen) atoms. The second-order valence-electron chi connectivity index (χ2n) is 6.76. The number of amides is 3. The molecule has 7 nitrogen and oxygen atoms in total. The van der Waals surface area contributed by atoms with Crippen molar-refractivity contribution in [3.05, 3.63) is 28.2 Å². The molecule has 1 N–H and O–H groups in total. The molecule has 3 amide bonds. The van der Waals surface area contributed by atoms with Crippen LogP contribution in [0.4, 0.5) is 4.79 Å². The van der Waals surface area contributed by atoms with Crippen LogP contribution in [0.25, 0.3) is 6.08 Å². The van der Waals surface area contributed by atoms with Gasteiger partial charge in [-0.05, 0) is 60.9 Å². The van der Waals surface area contributed by atoms with Crippen molar-refractivity contribution in [1.29, 1.82) is 0 Å². The number of thioether (sulfide) groups is 1. The van der Waals surface area contributed by atoms with Gasteiger partial charge in [0.15, 0.2) is 11.5 Å². The van der Waals surface area contributed by atoms with Crippen LogP contribution in [0.1, 0.15) is 31.9 Å². The number of benzene rings is 1. The summed E-state index contributed by atoms with van der Waals surface area (Å²) in [5, 5.41) is 2.26. The van der Waals surface area contributed by atoms with Gasteiger partial charge in [-0.3, -0.25) is 19.3 Å². The van der Waals surface area contributed by atoms with Gasteiger partial charge in [0.2, 0.25) is 5.91 Å². The number of methoxy groups -OCH3 is 1. The van der Waals surface area contributed by atoms with E-state index in [1.807, 2.05) is 33.8 Å². The van der Waals surface area contributed by atoms with Crippen LogP contribution in [-0.4, -0.2) is 48.8 Å². The van der Waals surface area contributed by atoms with Gasteiger partial charge in [0.05, 0.1) is 18.6 Å². The van der Waals surface area contributed by atoms with Crippen molar-refractivity contribution in [3.8, 4) is 11.5 Å². The van der Waals surface area contributed by atoms with E-state index < -0.39 is 11.1 Å². The molecule has 0 spiro atoms. The lowest BCUT2D eigenvalue weighted by molar-refractivity contribution is -0.129. The fourth-order valence-electron chi connectivity index (χ4n) is 2.56. The van der Waals surface area contributed by atoms with Gasteiger partial charge >= 0.3 is 0 Å². The van der Waals surface area contributed by atoms with Gasteiger partial charge in [0.1, 0.15) is 6.54 Å². The van der Waals surface area contributed by atoms with Gasteiger partial charge in [0.25, 0.3) is 11.1 Å². The fourth-order valence-corrected chi connectivity index (χ4v) is 3.38. The molecule has 0 unspecified atom stereocenters. The summed E-state index contributed by atoms with van der Waals surface area (Å²) in [6.07, 6.45) is 1.65. The molecule has 0 radical (unpaired) electrons. The van der Waals surface area contributed by atoms with Gasteiger partial charge < -0.3 is 14.8 Å². The van der Waals surface area contributed by atoms with Crippen molar-refractivity contribution < 1.29 is 23.9 Å². The zero-order valence-corrected chi connectivity index (χ0v) is 17.6. The van der Waals surface area contributed by atoms with Gasteiger partial charge in [-0.1, -0.05) is 13.8 Å². The van der Waals surface area contributed by atoms with Crippen LogP contribution in [0.15, 0.2) is 17.0 Å². The number of ether oxygens (including phenoxy) is 2. The van der Waals surface area contributed by atoms with E-state index in [1.54, 1.807) is 19.3 Å². The first-order chi connectivity index (χ1) is 13.3. The predicted molar refractivity (Wildman–Crippen MR) is 109 cm³/mol. The standard InChI is InChI=1S/C20H26N2O5S/c1-6-27-16-8-14(13(4)7-15(16)26-5)9-17-19(24)22(20(25)28-17)11-18(23)21-10-12(2)3/h7-9,12H,6,10-11H2,1-5H3,(H,21,23)/b17-9-. The van der Waals surface area contributed by atoms with Crippen molar-refractivity contribution in [3.63, 3.8) is 0 Å². The first kappa shape index (κ1) is 21.8. The summed E-state index contributed by atoms with van der Waals surface area (Å²) in [7, 11) is 1.56. The third-order valence-electron chi connectivity index (χ3n) is 4.02. The quantitative estimate of drug-likeness (QED) is 0.668. The van der Waals surface area contributed by atoms with Crippen LogP contribution >= 0.6 is 11.8 Å². The number of hydrogen-bond donors (Lipinski definition) is 1.